The largest absolute Gasteiger partial charge is 0.315 e. The zero-order valence-corrected chi connectivity index (χ0v) is 17.7. The summed E-state index contributed by atoms with van der Waals surface area (Å²) in [5, 5.41) is 8.08. The molecule has 32 heavy (non-hydrogen) atoms. The van der Waals surface area contributed by atoms with Crippen LogP contribution >= 0.6 is 0 Å². The van der Waals surface area contributed by atoms with Crippen LogP contribution in [0.15, 0.2) is 64.5 Å². The zero-order chi connectivity index (χ0) is 22.8. The molecule has 2 aromatic carbocycles. The average molecular weight is 435 g/mol. The van der Waals surface area contributed by atoms with Gasteiger partial charge in [-0.25, -0.2) is 14.1 Å². The average Bonchev–Trinajstić information content (AvgIpc) is 3.00. The second-order valence-corrected chi connectivity index (χ2v) is 7.52. The number of carbonyl (C=O) groups is 2. The highest BCUT2D eigenvalue weighted by molar-refractivity contribution is 6.43. The minimum atomic E-state index is -0.535. The Morgan fingerprint density at radius 1 is 1.06 bits per heavy atom. The molecule has 1 aliphatic heterocycles. The molecule has 8 nitrogen and oxygen atoms in total. The van der Waals surface area contributed by atoms with E-state index in [1.165, 1.54) is 21.8 Å². The van der Waals surface area contributed by atoms with Gasteiger partial charge in [0, 0.05) is 19.9 Å². The number of aromatic nitrogens is 2. The molecule has 3 aromatic rings. The first kappa shape index (κ1) is 21.2. The fourth-order valence-corrected chi connectivity index (χ4v) is 3.55. The first-order valence-electron chi connectivity index (χ1n) is 10.1. The van der Waals surface area contributed by atoms with E-state index in [2.05, 4.69) is 10.4 Å². The molecule has 0 bridgehead atoms. The second-order valence-electron chi connectivity index (χ2n) is 7.52. The highest BCUT2D eigenvalue weighted by atomic mass is 19.1. The molecule has 1 aliphatic rings. The van der Waals surface area contributed by atoms with Crippen LogP contribution in [0.25, 0.3) is 5.69 Å². The predicted octanol–water partition coefficient (Wildman–Crippen LogP) is 2.74. The smallest absolute Gasteiger partial charge is 0.295 e. The van der Waals surface area contributed by atoms with E-state index in [1.54, 1.807) is 42.9 Å². The third kappa shape index (κ3) is 4.09. The van der Waals surface area contributed by atoms with Gasteiger partial charge in [-0.15, -0.1) is 0 Å². The van der Waals surface area contributed by atoms with Crippen molar-refractivity contribution in [2.75, 3.05) is 5.32 Å². The fourth-order valence-electron chi connectivity index (χ4n) is 3.55. The Morgan fingerprint density at radius 3 is 2.44 bits per heavy atom. The molecule has 0 atom stereocenters. The first-order valence-corrected chi connectivity index (χ1v) is 10.1. The van der Waals surface area contributed by atoms with Crippen molar-refractivity contribution < 1.29 is 14.0 Å². The summed E-state index contributed by atoms with van der Waals surface area (Å²) < 4.78 is 16.3. The summed E-state index contributed by atoms with van der Waals surface area (Å²) in [6.07, 6.45) is 0.290. The number of nitrogens with one attached hydrogen (secondary N) is 1. The first-order chi connectivity index (χ1) is 15.3. The number of carbonyl (C=O) groups excluding carboxylic acids is 2. The summed E-state index contributed by atoms with van der Waals surface area (Å²) >= 11 is 0. The molecule has 0 unspecified atom stereocenters. The summed E-state index contributed by atoms with van der Waals surface area (Å²) in [5.74, 6) is -1.14. The number of hydrazone groups is 1. The molecule has 0 saturated carbocycles. The van der Waals surface area contributed by atoms with Crippen molar-refractivity contribution in [1.29, 1.82) is 0 Å². The summed E-state index contributed by atoms with van der Waals surface area (Å²) in [4.78, 5) is 38.2. The predicted molar refractivity (Wildman–Crippen MR) is 118 cm³/mol. The lowest BCUT2D eigenvalue weighted by molar-refractivity contribution is -0.132. The molecule has 0 aliphatic carbocycles. The Morgan fingerprint density at radius 2 is 1.75 bits per heavy atom. The highest BCUT2D eigenvalue weighted by Gasteiger charge is 2.26. The maximum Gasteiger partial charge on any atom is 0.295 e. The minimum absolute atomic E-state index is 0.121. The van der Waals surface area contributed by atoms with Crippen molar-refractivity contribution in [3.8, 4) is 5.69 Å². The van der Waals surface area contributed by atoms with Gasteiger partial charge in [-0.05, 0) is 36.8 Å². The van der Waals surface area contributed by atoms with Gasteiger partial charge in [0.05, 0.1) is 17.9 Å². The van der Waals surface area contributed by atoms with Crippen LogP contribution in [0.5, 0.6) is 0 Å². The Labute approximate surface area is 183 Å². The van der Waals surface area contributed by atoms with E-state index in [0.29, 0.717) is 16.9 Å². The van der Waals surface area contributed by atoms with Crippen LogP contribution in [0, 0.1) is 12.7 Å². The number of nitrogens with zero attached hydrogens (tertiary/aromatic N) is 4. The quantitative estimate of drug-likeness (QED) is 0.668. The standard InChI is InChI=1S/C23H22FN5O3/c1-15-21(23(32)29(27(15)2)18-6-4-3-5-7-18)25-22(31)19-12-13-20(30)28(26-19)14-16-8-10-17(24)11-9-16/h3-11H,12-14H2,1-2H3,(H,25,31). The van der Waals surface area contributed by atoms with Gasteiger partial charge in [0.2, 0.25) is 5.91 Å². The molecule has 0 fully saturated rings. The number of benzene rings is 2. The Balaban J connectivity index is 1.58. The van der Waals surface area contributed by atoms with Gasteiger partial charge < -0.3 is 5.32 Å². The number of hydrogen-bond donors (Lipinski definition) is 1. The monoisotopic (exact) mass is 435 g/mol. The summed E-state index contributed by atoms with van der Waals surface area (Å²) in [7, 11) is 1.74. The lowest BCUT2D eigenvalue weighted by Gasteiger charge is -2.23. The van der Waals surface area contributed by atoms with E-state index in [9.17, 15) is 18.8 Å². The highest BCUT2D eigenvalue weighted by Crippen LogP contribution is 2.17. The van der Waals surface area contributed by atoms with E-state index >= 15 is 0 Å². The van der Waals surface area contributed by atoms with Crippen molar-refractivity contribution in [2.24, 2.45) is 12.1 Å². The minimum Gasteiger partial charge on any atom is -0.315 e. The topological polar surface area (TPSA) is 88.7 Å². The van der Waals surface area contributed by atoms with Gasteiger partial charge in [-0.3, -0.25) is 19.1 Å². The molecular formula is C23H22FN5O3. The van der Waals surface area contributed by atoms with Crippen molar-refractivity contribution >= 4 is 23.2 Å². The summed E-state index contributed by atoms with van der Waals surface area (Å²) in [5.41, 5.74) is 1.90. The molecule has 1 N–H and O–H groups in total. The Hall–Kier alpha value is -4.01. The molecule has 0 spiro atoms. The van der Waals surface area contributed by atoms with Crippen molar-refractivity contribution in [3.63, 3.8) is 0 Å². The maximum atomic E-state index is 13.1. The van der Waals surface area contributed by atoms with Gasteiger partial charge >= 0.3 is 0 Å². The van der Waals surface area contributed by atoms with Crippen LogP contribution in [0.3, 0.4) is 0 Å². The zero-order valence-electron chi connectivity index (χ0n) is 17.7. The van der Waals surface area contributed by atoms with E-state index in [1.807, 2.05) is 18.2 Å². The van der Waals surface area contributed by atoms with E-state index in [-0.39, 0.29) is 48.1 Å². The number of amides is 2. The molecule has 9 heteroatoms. The molecular weight excluding hydrogens is 413 g/mol. The second kappa shape index (κ2) is 8.62. The van der Waals surface area contributed by atoms with Gasteiger partial charge in [0.15, 0.2) is 0 Å². The molecule has 4 rings (SSSR count). The number of anilines is 1. The molecule has 1 aromatic heterocycles. The fraction of sp³-hybridized carbons (Fsp3) is 0.217. The molecule has 0 saturated heterocycles. The number of rotatable bonds is 5. The SMILES string of the molecule is Cc1c(NC(=O)C2=NN(Cc3ccc(F)cc3)C(=O)CC2)c(=O)n(-c2ccccc2)n1C. The maximum absolute atomic E-state index is 13.1. The summed E-state index contributed by atoms with van der Waals surface area (Å²) in [6, 6.07) is 14.8. The number of hydrogen-bond acceptors (Lipinski definition) is 4. The van der Waals surface area contributed by atoms with Gasteiger partial charge in [0.1, 0.15) is 17.2 Å². The number of para-hydroxylation sites is 1. The Bertz CT molecular complexity index is 1260. The van der Waals surface area contributed by atoms with Crippen LogP contribution < -0.4 is 10.9 Å². The van der Waals surface area contributed by atoms with Crippen molar-refractivity contribution in [1.82, 2.24) is 14.4 Å². The van der Waals surface area contributed by atoms with Gasteiger partial charge in [0.25, 0.3) is 11.5 Å². The van der Waals surface area contributed by atoms with Crippen LogP contribution in [0.4, 0.5) is 10.1 Å². The van der Waals surface area contributed by atoms with Gasteiger partial charge in [-0.2, -0.15) is 5.10 Å². The lowest BCUT2D eigenvalue weighted by atomic mass is 10.1. The van der Waals surface area contributed by atoms with Crippen LogP contribution in [-0.2, 0) is 23.2 Å². The lowest BCUT2D eigenvalue weighted by Crippen LogP contribution is -2.36. The molecule has 0 radical (unpaired) electrons. The van der Waals surface area contributed by atoms with Crippen LogP contribution in [-0.4, -0.2) is 31.9 Å². The van der Waals surface area contributed by atoms with E-state index in [0.717, 1.165) is 0 Å². The van der Waals surface area contributed by atoms with Crippen LogP contribution in [0.1, 0.15) is 24.1 Å². The van der Waals surface area contributed by atoms with Crippen LogP contribution in [0.2, 0.25) is 0 Å². The van der Waals surface area contributed by atoms with Gasteiger partial charge in [-0.1, -0.05) is 30.3 Å². The number of halogens is 1. The molecule has 164 valence electrons. The summed E-state index contributed by atoms with van der Waals surface area (Å²) in [6.45, 7) is 1.87. The van der Waals surface area contributed by atoms with Crippen molar-refractivity contribution in [3.05, 3.63) is 82.0 Å². The third-order valence-corrected chi connectivity index (χ3v) is 5.41. The third-order valence-electron chi connectivity index (χ3n) is 5.41. The normalized spacial score (nSPS) is 13.8. The molecule has 2 heterocycles. The Kier molecular flexibility index (Phi) is 5.72. The van der Waals surface area contributed by atoms with E-state index in [4.69, 9.17) is 0 Å². The van der Waals surface area contributed by atoms with Crippen molar-refractivity contribution in [2.45, 2.75) is 26.3 Å². The molecule has 2 amide bonds. The van der Waals surface area contributed by atoms with E-state index < -0.39 is 5.91 Å².